The third kappa shape index (κ3) is 2.26. The van der Waals surface area contributed by atoms with Crippen LogP contribution in [0.5, 0.6) is 0 Å². The standard InChI is InChI=1S/C12H12BrNO4/c1-18-12(17)8-3-2-4-9(11(8)13)14-6-7(15)5-10(14)16/h2-4,7,15H,5-6H2,1H3. The normalized spacial score (nSPS) is 19.2. The lowest BCUT2D eigenvalue weighted by Gasteiger charge is -2.18. The minimum absolute atomic E-state index is 0.106. The van der Waals surface area contributed by atoms with E-state index in [1.54, 1.807) is 18.2 Å². The van der Waals surface area contributed by atoms with Crippen LogP contribution >= 0.6 is 15.9 Å². The van der Waals surface area contributed by atoms with Crippen molar-refractivity contribution in [2.45, 2.75) is 12.5 Å². The lowest BCUT2D eigenvalue weighted by molar-refractivity contribution is -0.117. The average Bonchev–Trinajstić information content (AvgIpc) is 2.68. The van der Waals surface area contributed by atoms with Gasteiger partial charge in [0.15, 0.2) is 0 Å². The molecule has 1 atom stereocenters. The van der Waals surface area contributed by atoms with Gasteiger partial charge in [0.05, 0.1) is 41.9 Å². The Morgan fingerprint density at radius 2 is 2.28 bits per heavy atom. The Morgan fingerprint density at radius 1 is 1.56 bits per heavy atom. The van der Waals surface area contributed by atoms with Crippen molar-refractivity contribution in [1.29, 1.82) is 0 Å². The van der Waals surface area contributed by atoms with Crippen molar-refractivity contribution in [3.05, 3.63) is 28.2 Å². The molecule has 0 radical (unpaired) electrons. The van der Waals surface area contributed by atoms with Crippen LogP contribution in [-0.4, -0.2) is 36.7 Å². The second-order valence-corrected chi connectivity index (χ2v) is 4.79. The summed E-state index contributed by atoms with van der Waals surface area (Å²) in [6.45, 7) is 0.238. The summed E-state index contributed by atoms with van der Waals surface area (Å²) in [4.78, 5) is 24.7. The fraction of sp³-hybridized carbons (Fsp3) is 0.333. The average molecular weight is 314 g/mol. The summed E-state index contributed by atoms with van der Waals surface area (Å²) < 4.78 is 5.16. The van der Waals surface area contributed by atoms with Crippen LogP contribution in [0.4, 0.5) is 5.69 Å². The number of hydrogen-bond donors (Lipinski definition) is 1. The molecule has 96 valence electrons. The second kappa shape index (κ2) is 5.07. The van der Waals surface area contributed by atoms with E-state index in [0.29, 0.717) is 15.7 Å². The van der Waals surface area contributed by atoms with E-state index in [-0.39, 0.29) is 18.9 Å². The number of esters is 1. The van der Waals surface area contributed by atoms with Gasteiger partial charge >= 0.3 is 5.97 Å². The predicted molar refractivity (Wildman–Crippen MR) is 68.5 cm³/mol. The van der Waals surface area contributed by atoms with Crippen molar-refractivity contribution in [3.63, 3.8) is 0 Å². The first-order valence-corrected chi connectivity index (χ1v) is 6.19. The number of carbonyl (C=O) groups excluding carboxylic acids is 2. The topological polar surface area (TPSA) is 66.8 Å². The van der Waals surface area contributed by atoms with E-state index in [9.17, 15) is 14.7 Å². The molecule has 18 heavy (non-hydrogen) atoms. The maximum atomic E-state index is 11.7. The van der Waals surface area contributed by atoms with E-state index in [0.717, 1.165) is 0 Å². The number of amides is 1. The van der Waals surface area contributed by atoms with Crippen molar-refractivity contribution in [2.24, 2.45) is 0 Å². The number of nitrogens with zero attached hydrogens (tertiary/aromatic N) is 1. The first-order valence-electron chi connectivity index (χ1n) is 5.40. The van der Waals surface area contributed by atoms with Crippen molar-refractivity contribution in [3.8, 4) is 0 Å². The largest absolute Gasteiger partial charge is 0.465 e. The van der Waals surface area contributed by atoms with Crippen LogP contribution in [0.2, 0.25) is 0 Å². The Morgan fingerprint density at radius 3 is 2.83 bits per heavy atom. The van der Waals surface area contributed by atoms with E-state index < -0.39 is 12.1 Å². The maximum absolute atomic E-state index is 11.7. The number of aliphatic hydroxyl groups is 1. The quantitative estimate of drug-likeness (QED) is 0.837. The van der Waals surface area contributed by atoms with Gasteiger partial charge in [0.25, 0.3) is 0 Å². The molecule has 6 heteroatoms. The van der Waals surface area contributed by atoms with E-state index in [1.165, 1.54) is 12.0 Å². The van der Waals surface area contributed by atoms with Gasteiger partial charge in [-0.25, -0.2) is 4.79 Å². The molecule has 0 bridgehead atoms. The van der Waals surface area contributed by atoms with Gasteiger partial charge in [0.2, 0.25) is 5.91 Å². The number of halogens is 1. The van der Waals surface area contributed by atoms with Crippen LogP contribution in [0.1, 0.15) is 16.8 Å². The van der Waals surface area contributed by atoms with Crippen LogP contribution in [0.3, 0.4) is 0 Å². The maximum Gasteiger partial charge on any atom is 0.339 e. The zero-order valence-electron chi connectivity index (χ0n) is 9.72. The van der Waals surface area contributed by atoms with Crippen molar-refractivity contribution in [2.75, 3.05) is 18.6 Å². The molecular weight excluding hydrogens is 302 g/mol. The molecule has 1 aliphatic heterocycles. The lowest BCUT2D eigenvalue weighted by Crippen LogP contribution is -2.26. The molecule has 1 aliphatic rings. The number of rotatable bonds is 2. The first-order chi connectivity index (χ1) is 8.54. The highest BCUT2D eigenvalue weighted by Crippen LogP contribution is 2.32. The minimum atomic E-state index is -0.661. The fourth-order valence-corrected chi connectivity index (χ4v) is 2.56. The van der Waals surface area contributed by atoms with Crippen molar-refractivity contribution < 1.29 is 19.4 Å². The molecular formula is C12H12BrNO4. The van der Waals surface area contributed by atoms with Crippen molar-refractivity contribution in [1.82, 2.24) is 0 Å². The Labute approximate surface area is 112 Å². The molecule has 1 aromatic rings. The van der Waals surface area contributed by atoms with Crippen LogP contribution < -0.4 is 4.90 Å². The van der Waals surface area contributed by atoms with Gasteiger partial charge < -0.3 is 14.7 Å². The summed E-state index contributed by atoms with van der Waals surface area (Å²) in [5, 5.41) is 9.48. The van der Waals surface area contributed by atoms with E-state index in [2.05, 4.69) is 20.7 Å². The number of methoxy groups -OCH3 is 1. The monoisotopic (exact) mass is 313 g/mol. The Kier molecular flexibility index (Phi) is 3.68. The Bertz CT molecular complexity index is 503. The number of anilines is 1. The molecule has 0 saturated carbocycles. The highest BCUT2D eigenvalue weighted by Gasteiger charge is 2.31. The van der Waals surface area contributed by atoms with E-state index >= 15 is 0 Å². The number of hydrogen-bond acceptors (Lipinski definition) is 4. The van der Waals surface area contributed by atoms with Gasteiger partial charge in [0, 0.05) is 0 Å². The highest BCUT2D eigenvalue weighted by atomic mass is 79.9. The molecule has 2 rings (SSSR count). The van der Waals surface area contributed by atoms with Crippen LogP contribution in [0.25, 0.3) is 0 Å². The number of β-amino-alcohol motifs (C(OH)–C–C–N with tert-alkyl or cyclic N) is 1. The molecule has 0 aliphatic carbocycles. The van der Waals surface area contributed by atoms with Gasteiger partial charge in [-0.05, 0) is 28.1 Å². The molecule has 0 aromatic heterocycles. The van der Waals surface area contributed by atoms with E-state index in [4.69, 9.17) is 0 Å². The summed E-state index contributed by atoms with van der Waals surface area (Å²) >= 11 is 3.30. The van der Waals surface area contributed by atoms with Crippen LogP contribution in [0, 0.1) is 0 Å². The minimum Gasteiger partial charge on any atom is -0.465 e. The zero-order chi connectivity index (χ0) is 13.3. The third-order valence-corrected chi connectivity index (χ3v) is 3.61. The molecule has 1 fully saturated rings. The van der Waals surface area contributed by atoms with Crippen LogP contribution in [-0.2, 0) is 9.53 Å². The lowest BCUT2D eigenvalue weighted by atomic mass is 10.2. The van der Waals surface area contributed by atoms with Gasteiger partial charge in [-0.15, -0.1) is 0 Å². The molecule has 1 unspecified atom stereocenters. The number of ether oxygens (including phenoxy) is 1. The van der Waals surface area contributed by atoms with Crippen LogP contribution in [0.15, 0.2) is 22.7 Å². The van der Waals surface area contributed by atoms with Gasteiger partial charge in [-0.1, -0.05) is 6.07 Å². The summed E-state index contributed by atoms with van der Waals surface area (Å²) in [5.41, 5.74) is 0.920. The summed E-state index contributed by atoms with van der Waals surface area (Å²) in [5.74, 6) is -0.638. The van der Waals surface area contributed by atoms with Gasteiger partial charge in [0.1, 0.15) is 0 Å². The molecule has 0 spiro atoms. The molecule has 5 nitrogen and oxygen atoms in total. The summed E-state index contributed by atoms with van der Waals surface area (Å²) in [6, 6.07) is 4.99. The van der Waals surface area contributed by atoms with E-state index in [1.807, 2.05) is 0 Å². The summed E-state index contributed by atoms with van der Waals surface area (Å²) in [6.07, 6.45) is -0.555. The Balaban J connectivity index is 2.40. The summed E-state index contributed by atoms with van der Waals surface area (Å²) in [7, 11) is 1.30. The Hall–Kier alpha value is -1.40. The predicted octanol–water partition coefficient (Wildman–Crippen LogP) is 1.33. The molecule has 1 amide bonds. The second-order valence-electron chi connectivity index (χ2n) is 3.99. The number of aliphatic hydroxyl groups excluding tert-OH is 1. The number of benzene rings is 1. The van der Waals surface area contributed by atoms with Gasteiger partial charge in [-0.2, -0.15) is 0 Å². The third-order valence-electron chi connectivity index (χ3n) is 2.78. The van der Waals surface area contributed by atoms with Crippen molar-refractivity contribution >= 4 is 33.5 Å². The molecule has 1 saturated heterocycles. The SMILES string of the molecule is COC(=O)c1cccc(N2CC(O)CC2=O)c1Br. The zero-order valence-corrected chi connectivity index (χ0v) is 11.3. The highest BCUT2D eigenvalue weighted by molar-refractivity contribution is 9.10. The molecule has 1 heterocycles. The number of carbonyl (C=O) groups is 2. The first kappa shape index (κ1) is 13.0. The van der Waals surface area contributed by atoms with Gasteiger partial charge in [-0.3, -0.25) is 4.79 Å². The fourth-order valence-electron chi connectivity index (χ4n) is 1.92. The molecule has 1 aromatic carbocycles. The molecule has 1 N–H and O–H groups in total. The smallest absolute Gasteiger partial charge is 0.339 e.